The third-order valence-corrected chi connectivity index (χ3v) is 5.20. The molecular formula is C23H22FN5S. The van der Waals surface area contributed by atoms with Gasteiger partial charge in [-0.05, 0) is 55.7 Å². The van der Waals surface area contributed by atoms with Crippen LogP contribution in [0.25, 0.3) is 17.1 Å². The molecule has 2 aromatic carbocycles. The molecule has 0 aliphatic rings. The first-order chi connectivity index (χ1) is 14.6. The standard InChI is InChI=1S/C23H22FN5S/c1-27(16-14-20-9-5-6-15-25-20)17-28-23(30)29(21-12-10-19(24)11-13-21)22(26-28)18-7-3-2-4-8-18/h2-13,15H,14,16-17H2,1H3. The van der Waals surface area contributed by atoms with E-state index in [0.29, 0.717) is 11.4 Å². The van der Waals surface area contributed by atoms with Crippen molar-refractivity contribution in [2.24, 2.45) is 0 Å². The average Bonchev–Trinajstić information content (AvgIpc) is 3.10. The Morgan fingerprint density at radius 1 is 0.967 bits per heavy atom. The molecule has 7 heteroatoms. The molecule has 0 N–H and O–H groups in total. The highest BCUT2D eigenvalue weighted by atomic mass is 32.1. The predicted octanol–water partition coefficient (Wildman–Crippen LogP) is 4.74. The number of benzene rings is 2. The van der Waals surface area contributed by atoms with Gasteiger partial charge in [-0.25, -0.2) is 9.07 Å². The predicted molar refractivity (Wildman–Crippen MR) is 118 cm³/mol. The Bertz CT molecular complexity index is 1150. The largest absolute Gasteiger partial charge is 0.287 e. The summed E-state index contributed by atoms with van der Waals surface area (Å²) in [5.41, 5.74) is 2.78. The fraction of sp³-hybridized carbons (Fsp3) is 0.174. The van der Waals surface area contributed by atoms with Gasteiger partial charge in [0, 0.05) is 30.4 Å². The Morgan fingerprint density at radius 2 is 1.70 bits per heavy atom. The summed E-state index contributed by atoms with van der Waals surface area (Å²) in [6.07, 6.45) is 2.65. The van der Waals surface area contributed by atoms with Crippen molar-refractivity contribution in [3.05, 3.63) is 95.3 Å². The van der Waals surface area contributed by atoms with E-state index in [2.05, 4.69) is 9.88 Å². The molecule has 0 saturated carbocycles. The van der Waals surface area contributed by atoms with Crippen LogP contribution in [0.5, 0.6) is 0 Å². The summed E-state index contributed by atoms with van der Waals surface area (Å²) in [6, 6.07) is 22.1. The lowest BCUT2D eigenvalue weighted by Gasteiger charge is -2.16. The van der Waals surface area contributed by atoms with E-state index in [1.54, 1.807) is 16.8 Å². The molecule has 2 heterocycles. The number of nitrogens with zero attached hydrogens (tertiary/aromatic N) is 5. The van der Waals surface area contributed by atoms with E-state index in [4.69, 9.17) is 17.3 Å². The van der Waals surface area contributed by atoms with E-state index < -0.39 is 0 Å². The van der Waals surface area contributed by atoms with E-state index >= 15 is 0 Å². The molecule has 0 unspecified atom stereocenters. The SMILES string of the molecule is CN(CCc1ccccn1)Cn1nc(-c2ccccc2)n(-c2ccc(F)cc2)c1=S. The first-order valence-corrected chi connectivity index (χ1v) is 10.1. The molecule has 0 aliphatic heterocycles. The highest BCUT2D eigenvalue weighted by Crippen LogP contribution is 2.23. The zero-order valence-electron chi connectivity index (χ0n) is 16.6. The Hall–Kier alpha value is -3.16. The summed E-state index contributed by atoms with van der Waals surface area (Å²) in [7, 11) is 2.03. The topological polar surface area (TPSA) is 38.9 Å². The van der Waals surface area contributed by atoms with Gasteiger partial charge in [-0.15, -0.1) is 5.10 Å². The minimum Gasteiger partial charge on any atom is -0.287 e. The number of pyridine rings is 1. The van der Waals surface area contributed by atoms with Crippen molar-refractivity contribution in [3.63, 3.8) is 0 Å². The fourth-order valence-electron chi connectivity index (χ4n) is 3.25. The lowest BCUT2D eigenvalue weighted by Crippen LogP contribution is -2.25. The van der Waals surface area contributed by atoms with E-state index in [9.17, 15) is 4.39 Å². The molecule has 0 spiro atoms. The number of hydrogen-bond acceptors (Lipinski definition) is 4. The second-order valence-corrected chi connectivity index (χ2v) is 7.44. The molecule has 30 heavy (non-hydrogen) atoms. The van der Waals surface area contributed by atoms with Crippen molar-refractivity contribution in [2.45, 2.75) is 13.1 Å². The van der Waals surface area contributed by atoms with Crippen molar-refractivity contribution in [1.82, 2.24) is 24.2 Å². The van der Waals surface area contributed by atoms with Gasteiger partial charge in [0.05, 0.1) is 12.4 Å². The third kappa shape index (κ3) is 4.53. The zero-order chi connectivity index (χ0) is 20.9. The van der Waals surface area contributed by atoms with Crippen LogP contribution in [-0.4, -0.2) is 37.8 Å². The second kappa shape index (κ2) is 9.11. The first-order valence-electron chi connectivity index (χ1n) is 9.71. The number of aromatic nitrogens is 4. The highest BCUT2D eigenvalue weighted by Gasteiger charge is 2.15. The molecule has 0 amide bonds. The summed E-state index contributed by atoms with van der Waals surface area (Å²) in [6.45, 7) is 1.36. The van der Waals surface area contributed by atoms with Crippen molar-refractivity contribution >= 4 is 12.2 Å². The second-order valence-electron chi connectivity index (χ2n) is 7.08. The van der Waals surface area contributed by atoms with Crippen LogP contribution in [0.3, 0.4) is 0 Å². The maximum Gasteiger partial charge on any atom is 0.204 e. The molecule has 4 rings (SSSR count). The molecule has 5 nitrogen and oxygen atoms in total. The Labute approximate surface area is 180 Å². The van der Waals surface area contributed by atoms with Crippen LogP contribution in [0, 0.1) is 10.6 Å². The van der Waals surface area contributed by atoms with Crippen LogP contribution in [0.15, 0.2) is 79.0 Å². The minimum atomic E-state index is -0.284. The van der Waals surface area contributed by atoms with Gasteiger partial charge >= 0.3 is 0 Å². The minimum absolute atomic E-state index is 0.284. The van der Waals surface area contributed by atoms with Crippen LogP contribution in [-0.2, 0) is 13.1 Å². The van der Waals surface area contributed by atoms with Crippen LogP contribution < -0.4 is 0 Å². The first kappa shape index (κ1) is 20.1. The molecule has 0 aliphatic carbocycles. The van der Waals surface area contributed by atoms with Crippen molar-refractivity contribution in [3.8, 4) is 17.1 Å². The molecule has 0 bridgehead atoms. The zero-order valence-corrected chi connectivity index (χ0v) is 17.5. The normalized spacial score (nSPS) is 11.2. The average molecular weight is 420 g/mol. The van der Waals surface area contributed by atoms with Crippen LogP contribution in [0.2, 0.25) is 0 Å². The van der Waals surface area contributed by atoms with E-state index in [1.165, 1.54) is 12.1 Å². The number of hydrogen-bond donors (Lipinski definition) is 0. The van der Waals surface area contributed by atoms with Crippen LogP contribution >= 0.6 is 12.2 Å². The van der Waals surface area contributed by atoms with E-state index in [-0.39, 0.29) is 5.82 Å². The summed E-state index contributed by atoms with van der Waals surface area (Å²) in [5.74, 6) is 0.443. The summed E-state index contributed by atoms with van der Waals surface area (Å²) in [4.78, 5) is 6.53. The smallest absolute Gasteiger partial charge is 0.204 e. The van der Waals surface area contributed by atoms with E-state index in [0.717, 1.165) is 35.7 Å². The molecule has 152 valence electrons. The van der Waals surface area contributed by atoms with Gasteiger partial charge in [0.15, 0.2) is 5.82 Å². The van der Waals surface area contributed by atoms with Crippen LogP contribution in [0.1, 0.15) is 5.69 Å². The van der Waals surface area contributed by atoms with Gasteiger partial charge in [-0.1, -0.05) is 36.4 Å². The maximum absolute atomic E-state index is 13.5. The van der Waals surface area contributed by atoms with Gasteiger partial charge in [-0.3, -0.25) is 14.5 Å². The summed E-state index contributed by atoms with van der Waals surface area (Å²) >= 11 is 5.75. The summed E-state index contributed by atoms with van der Waals surface area (Å²) in [5, 5.41) is 4.80. The molecule has 0 atom stereocenters. The van der Waals surface area contributed by atoms with Gasteiger partial charge in [0.25, 0.3) is 0 Å². The molecular weight excluding hydrogens is 397 g/mol. The van der Waals surface area contributed by atoms with E-state index in [1.807, 2.05) is 66.3 Å². The monoisotopic (exact) mass is 419 g/mol. The quantitative estimate of drug-likeness (QED) is 0.406. The Kier molecular flexibility index (Phi) is 6.11. The molecule has 4 aromatic rings. The van der Waals surface area contributed by atoms with Gasteiger partial charge in [-0.2, -0.15) is 0 Å². The molecule has 0 fully saturated rings. The van der Waals surface area contributed by atoms with Crippen molar-refractivity contribution in [1.29, 1.82) is 0 Å². The fourth-order valence-corrected chi connectivity index (χ4v) is 3.54. The van der Waals surface area contributed by atoms with Crippen molar-refractivity contribution in [2.75, 3.05) is 13.6 Å². The lowest BCUT2D eigenvalue weighted by atomic mass is 10.2. The summed E-state index contributed by atoms with van der Waals surface area (Å²) < 4.78 is 17.7. The Balaban J connectivity index is 1.64. The molecule has 2 aromatic heterocycles. The third-order valence-electron chi connectivity index (χ3n) is 4.81. The maximum atomic E-state index is 13.5. The molecule has 0 radical (unpaired) electrons. The Morgan fingerprint density at radius 3 is 2.40 bits per heavy atom. The molecule has 0 saturated heterocycles. The number of rotatable bonds is 7. The lowest BCUT2D eigenvalue weighted by molar-refractivity contribution is 0.254. The van der Waals surface area contributed by atoms with Crippen LogP contribution in [0.4, 0.5) is 4.39 Å². The highest BCUT2D eigenvalue weighted by molar-refractivity contribution is 7.71. The number of halogens is 1. The van der Waals surface area contributed by atoms with Gasteiger partial charge in [0.2, 0.25) is 4.77 Å². The number of likely N-dealkylation sites (N-methyl/N-ethyl adjacent to an activating group) is 1. The van der Waals surface area contributed by atoms with Crippen molar-refractivity contribution < 1.29 is 4.39 Å². The van der Waals surface area contributed by atoms with Gasteiger partial charge < -0.3 is 0 Å². The van der Waals surface area contributed by atoms with Gasteiger partial charge in [0.1, 0.15) is 5.82 Å².